The number of aliphatic carboxylic acids is 1. The van der Waals surface area contributed by atoms with Crippen molar-refractivity contribution in [1.82, 2.24) is 29.6 Å². The summed E-state index contributed by atoms with van der Waals surface area (Å²) in [6.07, 6.45) is 1.61. The van der Waals surface area contributed by atoms with Crippen LogP contribution in [0.4, 0.5) is 18.0 Å². The topological polar surface area (TPSA) is 150 Å². The average molecular weight is 513 g/mol. The number of alkyl halides is 3. The predicted molar refractivity (Wildman–Crippen MR) is 121 cm³/mol. The number of likely N-dealkylation sites (tertiary alicyclic amines) is 1. The van der Waals surface area contributed by atoms with Crippen molar-refractivity contribution in [2.75, 3.05) is 13.1 Å². The van der Waals surface area contributed by atoms with E-state index in [0.717, 1.165) is 22.3 Å². The molecule has 1 amide bonds. The molecule has 2 N–H and O–H groups in total. The van der Waals surface area contributed by atoms with E-state index in [1.165, 1.54) is 6.33 Å². The summed E-state index contributed by atoms with van der Waals surface area (Å²) in [6, 6.07) is 13.1. The lowest BCUT2D eigenvalue weighted by atomic mass is 9.87. The Bertz CT molecular complexity index is 1450. The Labute approximate surface area is 206 Å². The predicted octanol–water partition coefficient (Wildman–Crippen LogP) is 3.58. The number of fused-ring (bicyclic) bond motifs is 1. The van der Waals surface area contributed by atoms with Gasteiger partial charge in [-0.1, -0.05) is 18.2 Å². The van der Waals surface area contributed by atoms with Gasteiger partial charge in [0.25, 0.3) is 0 Å². The van der Waals surface area contributed by atoms with Crippen LogP contribution in [0.3, 0.4) is 0 Å². The van der Waals surface area contributed by atoms with Gasteiger partial charge in [-0.2, -0.15) is 23.5 Å². The number of amides is 1. The zero-order valence-corrected chi connectivity index (χ0v) is 18.9. The Kier molecular flexibility index (Phi) is 6.79. The molecule has 0 aliphatic carbocycles. The molecule has 0 atom stereocenters. The number of carbonyl (C=O) groups is 2. The number of benzene rings is 1. The number of carboxylic acids is 1. The van der Waals surface area contributed by atoms with E-state index in [9.17, 15) is 23.2 Å². The van der Waals surface area contributed by atoms with Gasteiger partial charge in [-0.05, 0) is 18.2 Å². The van der Waals surface area contributed by atoms with E-state index in [2.05, 4.69) is 26.1 Å². The standard InChI is InChI=1S/C21H17N7O2.C2HF3O2/c22-8-7-21(12-27(13-21)20(29)30-16-4-2-1-3-5-16)28-11-15(10-26-28)18-17-6-9-23-19(17)25-14-24-18;3-2(4,5)1(6)7/h1-6,9-11,14H,7,12-13H2,(H,23,24,25);(H,6,7). The van der Waals surface area contributed by atoms with E-state index in [-0.39, 0.29) is 6.42 Å². The molecule has 1 aliphatic rings. The number of nitrogens with one attached hydrogen (secondary N) is 1. The smallest absolute Gasteiger partial charge is 0.475 e. The zero-order valence-electron chi connectivity index (χ0n) is 18.9. The maximum atomic E-state index is 12.4. The largest absolute Gasteiger partial charge is 0.490 e. The quantitative estimate of drug-likeness (QED) is 0.420. The first-order valence-corrected chi connectivity index (χ1v) is 10.7. The maximum Gasteiger partial charge on any atom is 0.490 e. The molecule has 14 heteroatoms. The lowest BCUT2D eigenvalue weighted by Gasteiger charge is -2.48. The minimum absolute atomic E-state index is 0.229. The molecule has 4 aromatic rings. The second-order valence-corrected chi connectivity index (χ2v) is 8.04. The van der Waals surface area contributed by atoms with E-state index >= 15 is 0 Å². The summed E-state index contributed by atoms with van der Waals surface area (Å²) in [5, 5.41) is 21.9. The first-order chi connectivity index (χ1) is 17.6. The summed E-state index contributed by atoms with van der Waals surface area (Å²) in [4.78, 5) is 34.6. The third-order valence-corrected chi connectivity index (χ3v) is 5.52. The van der Waals surface area contributed by atoms with Gasteiger partial charge < -0.3 is 19.7 Å². The minimum atomic E-state index is -5.08. The fourth-order valence-corrected chi connectivity index (χ4v) is 3.74. The van der Waals surface area contributed by atoms with Crippen molar-refractivity contribution in [3.63, 3.8) is 0 Å². The number of aromatic amines is 1. The van der Waals surface area contributed by atoms with Gasteiger partial charge in [-0.3, -0.25) is 4.68 Å². The minimum Gasteiger partial charge on any atom is -0.475 e. The van der Waals surface area contributed by atoms with E-state index in [1.807, 2.05) is 24.5 Å². The van der Waals surface area contributed by atoms with Crippen LogP contribution in [0.15, 0.2) is 61.3 Å². The summed E-state index contributed by atoms with van der Waals surface area (Å²) >= 11 is 0. The average Bonchev–Trinajstić information content (AvgIpc) is 3.51. The first-order valence-electron chi connectivity index (χ1n) is 10.7. The van der Waals surface area contributed by atoms with Crippen molar-refractivity contribution >= 4 is 23.1 Å². The van der Waals surface area contributed by atoms with Gasteiger partial charge in [-0.15, -0.1) is 0 Å². The number of nitrogens with zero attached hydrogens (tertiary/aromatic N) is 6. The molecule has 1 aliphatic heterocycles. The highest BCUT2D eigenvalue weighted by Crippen LogP contribution is 2.34. The van der Waals surface area contributed by atoms with Gasteiger partial charge in [0, 0.05) is 23.3 Å². The molecule has 0 spiro atoms. The van der Waals surface area contributed by atoms with Crippen molar-refractivity contribution in [3.8, 4) is 23.1 Å². The molecule has 0 radical (unpaired) electrons. The number of rotatable bonds is 4. The van der Waals surface area contributed by atoms with Gasteiger partial charge in [0.1, 0.15) is 23.3 Å². The normalized spacial score (nSPS) is 14.2. The van der Waals surface area contributed by atoms with Crippen molar-refractivity contribution < 1.29 is 32.6 Å². The van der Waals surface area contributed by atoms with Crippen LogP contribution < -0.4 is 4.74 Å². The van der Waals surface area contributed by atoms with Crippen molar-refractivity contribution in [2.45, 2.75) is 18.1 Å². The number of para-hydroxylation sites is 1. The molecule has 1 aromatic carbocycles. The van der Waals surface area contributed by atoms with Crippen molar-refractivity contribution in [1.29, 1.82) is 5.26 Å². The molecule has 1 fully saturated rings. The second-order valence-electron chi connectivity index (χ2n) is 8.04. The summed E-state index contributed by atoms with van der Waals surface area (Å²) in [7, 11) is 0. The molecular formula is C23H18F3N7O4. The lowest BCUT2D eigenvalue weighted by Crippen LogP contribution is -2.64. The van der Waals surface area contributed by atoms with E-state index in [0.29, 0.717) is 18.8 Å². The first kappa shape index (κ1) is 25.2. The molecule has 0 saturated carbocycles. The van der Waals surface area contributed by atoms with Crippen LogP contribution in [0.1, 0.15) is 6.42 Å². The highest BCUT2D eigenvalue weighted by Gasteiger charge is 2.48. The van der Waals surface area contributed by atoms with E-state index in [1.54, 1.807) is 40.0 Å². The van der Waals surface area contributed by atoms with E-state index < -0.39 is 23.8 Å². The zero-order chi connectivity index (χ0) is 26.6. The van der Waals surface area contributed by atoms with Gasteiger partial charge in [0.2, 0.25) is 0 Å². The van der Waals surface area contributed by atoms with Gasteiger partial charge >= 0.3 is 18.2 Å². The molecule has 3 aromatic heterocycles. The molecule has 37 heavy (non-hydrogen) atoms. The van der Waals surface area contributed by atoms with Crippen LogP contribution in [0.2, 0.25) is 0 Å². The number of halogens is 3. The lowest BCUT2D eigenvalue weighted by molar-refractivity contribution is -0.192. The Morgan fingerprint density at radius 2 is 1.89 bits per heavy atom. The van der Waals surface area contributed by atoms with Crippen LogP contribution in [-0.4, -0.2) is 66.1 Å². The molecular weight excluding hydrogens is 495 g/mol. The Morgan fingerprint density at radius 1 is 1.19 bits per heavy atom. The van der Waals surface area contributed by atoms with Crippen molar-refractivity contribution in [3.05, 3.63) is 61.3 Å². The van der Waals surface area contributed by atoms with Crippen LogP contribution in [-0.2, 0) is 10.3 Å². The van der Waals surface area contributed by atoms with Crippen molar-refractivity contribution in [2.24, 2.45) is 0 Å². The number of hydrogen-bond donors (Lipinski definition) is 2. The molecule has 1 saturated heterocycles. The highest BCUT2D eigenvalue weighted by atomic mass is 19.4. The molecule has 0 bridgehead atoms. The Morgan fingerprint density at radius 3 is 2.54 bits per heavy atom. The molecule has 4 heterocycles. The number of carbonyl (C=O) groups excluding carboxylic acids is 1. The van der Waals surface area contributed by atoms with Crippen LogP contribution in [0.25, 0.3) is 22.3 Å². The summed E-state index contributed by atoms with van der Waals surface area (Å²) in [6.45, 7) is 0.688. The number of nitriles is 1. The summed E-state index contributed by atoms with van der Waals surface area (Å²) in [5.74, 6) is -2.27. The highest BCUT2D eigenvalue weighted by molar-refractivity contribution is 5.90. The van der Waals surface area contributed by atoms with Gasteiger partial charge in [0.05, 0.1) is 37.5 Å². The third kappa shape index (κ3) is 5.35. The van der Waals surface area contributed by atoms with Crippen LogP contribution >= 0.6 is 0 Å². The fraction of sp³-hybridized carbons (Fsp3) is 0.217. The molecule has 190 valence electrons. The Balaban J connectivity index is 0.000000405. The third-order valence-electron chi connectivity index (χ3n) is 5.52. The molecule has 5 rings (SSSR count). The van der Waals surface area contributed by atoms with Gasteiger partial charge in [-0.25, -0.2) is 19.6 Å². The number of hydrogen-bond acceptors (Lipinski definition) is 7. The molecule has 0 unspecified atom stereocenters. The van der Waals surface area contributed by atoms with E-state index in [4.69, 9.17) is 14.6 Å². The van der Waals surface area contributed by atoms with Crippen LogP contribution in [0.5, 0.6) is 5.75 Å². The summed E-state index contributed by atoms with van der Waals surface area (Å²) < 4.78 is 38.9. The van der Waals surface area contributed by atoms with Gasteiger partial charge in [0.15, 0.2) is 0 Å². The Hall–Kier alpha value is -4.93. The number of aromatic nitrogens is 5. The summed E-state index contributed by atoms with van der Waals surface area (Å²) in [5.41, 5.74) is 1.74. The molecule has 11 nitrogen and oxygen atoms in total. The monoisotopic (exact) mass is 513 g/mol. The SMILES string of the molecule is N#CCC1(n2cc(-c3ncnc4[nH]ccc34)cn2)CN(C(=O)Oc2ccccc2)C1.O=C(O)C(F)(F)F. The number of carboxylic acid groups (broad SMARTS) is 1. The maximum absolute atomic E-state index is 12.4. The second kappa shape index (κ2) is 9.97. The number of H-pyrrole nitrogens is 1. The fourth-order valence-electron chi connectivity index (χ4n) is 3.74. The number of ether oxygens (including phenoxy) is 1. The van der Waals surface area contributed by atoms with Crippen LogP contribution in [0, 0.1) is 11.3 Å².